The van der Waals surface area contributed by atoms with Crippen LogP contribution in [0.15, 0.2) is 120 Å². The van der Waals surface area contributed by atoms with Crippen LogP contribution in [-0.4, -0.2) is 41.7 Å². The number of aliphatic carboxylic acids is 2. The van der Waals surface area contributed by atoms with E-state index in [0.29, 0.717) is 38.2 Å². The average molecular weight is 726 g/mol. The highest BCUT2D eigenvalue weighted by atomic mass is 79.9. The number of nitrogens with zero attached hydrogens (tertiary/aromatic N) is 4. The quantitative estimate of drug-likeness (QED) is 0.146. The summed E-state index contributed by atoms with van der Waals surface area (Å²) in [7, 11) is 0. The van der Waals surface area contributed by atoms with E-state index in [1.807, 2.05) is 103 Å². The summed E-state index contributed by atoms with van der Waals surface area (Å²) in [5, 5.41) is 28.0. The first-order chi connectivity index (χ1) is 23.1. The number of rotatable bonds is 10. The van der Waals surface area contributed by atoms with Crippen molar-refractivity contribution in [1.29, 1.82) is 0 Å². The molecule has 10 heteroatoms. The molecule has 0 bridgehead atoms. The molecule has 6 rings (SSSR count). The van der Waals surface area contributed by atoms with Crippen molar-refractivity contribution >= 4 is 39.5 Å². The molecule has 2 N–H and O–H groups in total. The predicted octanol–water partition coefficient (Wildman–Crippen LogP) is 8.95. The van der Waals surface area contributed by atoms with E-state index in [9.17, 15) is 19.8 Å². The van der Waals surface area contributed by atoms with Crippen LogP contribution in [0.3, 0.4) is 0 Å². The lowest BCUT2D eigenvalue weighted by Crippen LogP contribution is -2.01. The number of benzene rings is 4. The van der Waals surface area contributed by atoms with E-state index < -0.39 is 11.9 Å². The number of hydrogen-bond donors (Lipinski definition) is 2. The van der Waals surface area contributed by atoms with Gasteiger partial charge in [-0.15, -0.1) is 0 Å². The number of carboxylic acids is 2. The van der Waals surface area contributed by atoms with E-state index in [1.54, 1.807) is 9.36 Å². The van der Waals surface area contributed by atoms with Crippen molar-refractivity contribution < 1.29 is 19.8 Å². The van der Waals surface area contributed by atoms with E-state index in [2.05, 4.69) is 52.1 Å². The first kappa shape index (κ1) is 34.3. The Morgan fingerprint density at radius 3 is 1.62 bits per heavy atom. The Hall–Kier alpha value is -4.99. The first-order valence-electron chi connectivity index (χ1n) is 15.4. The minimum atomic E-state index is -0.933. The largest absolute Gasteiger partial charge is 0.481 e. The van der Waals surface area contributed by atoms with Gasteiger partial charge < -0.3 is 10.2 Å². The maximum absolute atomic E-state index is 11.3. The van der Waals surface area contributed by atoms with E-state index in [4.69, 9.17) is 11.6 Å². The number of aromatic nitrogens is 4. The maximum Gasteiger partial charge on any atom is 0.308 e. The summed E-state index contributed by atoms with van der Waals surface area (Å²) in [5.41, 5.74) is 7.17. The van der Waals surface area contributed by atoms with Gasteiger partial charge in [-0.05, 0) is 58.1 Å². The second kappa shape index (κ2) is 15.7. The summed E-state index contributed by atoms with van der Waals surface area (Å²) >= 11 is 10.00. The minimum absolute atomic E-state index is 0.0857. The van der Waals surface area contributed by atoms with Gasteiger partial charge in [0.15, 0.2) is 0 Å². The highest BCUT2D eigenvalue weighted by Crippen LogP contribution is 2.33. The normalized spacial score (nSPS) is 10.9. The van der Waals surface area contributed by atoms with Gasteiger partial charge in [0.05, 0.1) is 35.6 Å². The van der Waals surface area contributed by atoms with E-state index in [-0.39, 0.29) is 12.8 Å². The lowest BCUT2D eigenvalue weighted by Gasteiger charge is -2.06. The van der Waals surface area contributed by atoms with Crippen LogP contribution in [0.4, 0.5) is 0 Å². The SMILES string of the molecule is CC(C)Cc1ccc(-c2nn(-c3ccccc3)c(Cl)c2CC(=O)O)cc1.O=C(O)Cc1c(-c2ccccc2)nn(-c2ccccc2)c1Br. The molecule has 0 aliphatic heterocycles. The number of carboxylic acid groups (broad SMARTS) is 2. The molecule has 0 aliphatic rings. The molecule has 0 aliphatic carbocycles. The molecule has 2 aromatic heterocycles. The lowest BCUT2D eigenvalue weighted by molar-refractivity contribution is -0.137. The van der Waals surface area contributed by atoms with Crippen molar-refractivity contribution in [2.75, 3.05) is 0 Å². The molecule has 0 amide bonds. The molecule has 0 radical (unpaired) electrons. The van der Waals surface area contributed by atoms with Gasteiger partial charge in [-0.3, -0.25) is 9.59 Å². The van der Waals surface area contributed by atoms with Gasteiger partial charge in [0.2, 0.25) is 0 Å². The third kappa shape index (κ3) is 8.29. The molecule has 0 unspecified atom stereocenters. The van der Waals surface area contributed by atoms with Gasteiger partial charge in [-0.1, -0.05) is 116 Å². The molecule has 0 fully saturated rings. The van der Waals surface area contributed by atoms with Gasteiger partial charge in [-0.25, -0.2) is 9.36 Å². The molecule has 2 heterocycles. The molecule has 0 atom stereocenters. The summed E-state index contributed by atoms with van der Waals surface area (Å²) in [5.74, 6) is -1.24. The first-order valence-corrected chi connectivity index (χ1v) is 16.5. The smallest absolute Gasteiger partial charge is 0.308 e. The van der Waals surface area contributed by atoms with Gasteiger partial charge in [-0.2, -0.15) is 10.2 Å². The fraction of sp³-hybridized carbons (Fsp3) is 0.158. The third-order valence-electron chi connectivity index (χ3n) is 7.42. The van der Waals surface area contributed by atoms with Crippen LogP contribution in [0.2, 0.25) is 5.15 Å². The Morgan fingerprint density at radius 2 is 1.10 bits per heavy atom. The summed E-state index contributed by atoms with van der Waals surface area (Å²) in [4.78, 5) is 22.5. The Morgan fingerprint density at radius 1 is 0.667 bits per heavy atom. The number of carbonyl (C=O) groups is 2. The molecule has 4 aromatic carbocycles. The van der Waals surface area contributed by atoms with Crippen LogP contribution >= 0.6 is 27.5 Å². The summed E-state index contributed by atoms with van der Waals surface area (Å²) in [6.45, 7) is 4.36. The average Bonchev–Trinajstić information content (AvgIpc) is 3.58. The van der Waals surface area contributed by atoms with E-state index >= 15 is 0 Å². The zero-order valence-electron chi connectivity index (χ0n) is 26.4. The van der Waals surface area contributed by atoms with Crippen molar-refractivity contribution in [2.45, 2.75) is 33.1 Å². The zero-order chi connectivity index (χ0) is 34.2. The Labute approximate surface area is 292 Å². The second-order valence-corrected chi connectivity index (χ2v) is 12.6. The van der Waals surface area contributed by atoms with Gasteiger partial charge in [0.25, 0.3) is 0 Å². The highest BCUT2D eigenvalue weighted by molar-refractivity contribution is 9.10. The van der Waals surface area contributed by atoms with Crippen molar-refractivity contribution in [3.05, 3.63) is 142 Å². The molecule has 244 valence electrons. The highest BCUT2D eigenvalue weighted by Gasteiger charge is 2.22. The van der Waals surface area contributed by atoms with E-state index in [0.717, 1.165) is 28.9 Å². The lowest BCUT2D eigenvalue weighted by atomic mass is 9.99. The van der Waals surface area contributed by atoms with Crippen LogP contribution in [0.5, 0.6) is 0 Å². The predicted molar refractivity (Wildman–Crippen MR) is 192 cm³/mol. The molecule has 0 saturated carbocycles. The zero-order valence-corrected chi connectivity index (χ0v) is 28.8. The van der Waals surface area contributed by atoms with Crippen LogP contribution in [0.1, 0.15) is 30.5 Å². The molecular formula is C38H34BrClN4O4. The molecular weight excluding hydrogens is 692 g/mol. The molecule has 48 heavy (non-hydrogen) atoms. The number of hydrogen-bond acceptors (Lipinski definition) is 4. The maximum atomic E-state index is 11.3. The van der Waals surface area contributed by atoms with Gasteiger partial charge in [0.1, 0.15) is 9.76 Å². The second-order valence-electron chi connectivity index (χ2n) is 11.5. The fourth-order valence-electron chi connectivity index (χ4n) is 5.29. The van der Waals surface area contributed by atoms with Gasteiger partial charge >= 0.3 is 11.9 Å². The van der Waals surface area contributed by atoms with Crippen molar-refractivity contribution in [1.82, 2.24) is 19.6 Å². The molecule has 0 saturated heterocycles. The summed E-state index contributed by atoms with van der Waals surface area (Å²) in [6, 6.07) is 36.8. The Kier molecular flexibility index (Phi) is 11.3. The summed E-state index contributed by atoms with van der Waals surface area (Å²) in [6.07, 6.45) is 0.744. The Balaban J connectivity index is 0.000000190. The van der Waals surface area contributed by atoms with Crippen LogP contribution in [0, 0.1) is 5.92 Å². The van der Waals surface area contributed by atoms with Crippen molar-refractivity contribution in [2.24, 2.45) is 5.92 Å². The van der Waals surface area contributed by atoms with Gasteiger partial charge in [0, 0.05) is 22.3 Å². The minimum Gasteiger partial charge on any atom is -0.481 e. The van der Waals surface area contributed by atoms with Crippen LogP contribution < -0.4 is 0 Å². The topological polar surface area (TPSA) is 110 Å². The van der Waals surface area contributed by atoms with Crippen LogP contribution in [0.25, 0.3) is 33.9 Å². The third-order valence-corrected chi connectivity index (χ3v) is 8.62. The number of halogens is 2. The number of para-hydroxylation sites is 2. The summed E-state index contributed by atoms with van der Waals surface area (Å²) < 4.78 is 3.98. The van der Waals surface area contributed by atoms with Crippen molar-refractivity contribution in [3.8, 4) is 33.9 Å². The van der Waals surface area contributed by atoms with Crippen molar-refractivity contribution in [3.63, 3.8) is 0 Å². The molecule has 8 nitrogen and oxygen atoms in total. The monoisotopic (exact) mass is 724 g/mol. The standard InChI is InChI=1S/C21H21ClN2O2.C17H13BrN2O2/c1-14(2)12-15-8-10-16(11-9-15)20-18(13-19(25)26)21(22)24(23-20)17-6-4-3-5-7-17;18-17-14(11-15(21)22)16(12-7-3-1-4-8-12)19-20(17)13-9-5-2-6-10-13/h3-11,14H,12-13H2,1-2H3,(H,25,26);1-10H,11H2,(H,21,22). The van der Waals surface area contributed by atoms with Crippen LogP contribution in [-0.2, 0) is 28.9 Å². The molecule has 0 spiro atoms. The van der Waals surface area contributed by atoms with E-state index in [1.165, 1.54) is 5.56 Å². The molecule has 6 aromatic rings. The fourth-order valence-corrected chi connectivity index (χ4v) is 6.19. The Bertz CT molecular complexity index is 1990.